The summed E-state index contributed by atoms with van der Waals surface area (Å²) in [6.45, 7) is 6.61. The van der Waals surface area contributed by atoms with E-state index < -0.39 is 0 Å². The van der Waals surface area contributed by atoms with Crippen molar-refractivity contribution >= 4 is 5.91 Å². The van der Waals surface area contributed by atoms with Crippen LogP contribution in [0.2, 0.25) is 0 Å². The van der Waals surface area contributed by atoms with Crippen molar-refractivity contribution in [1.82, 2.24) is 4.90 Å². The molecule has 0 aliphatic rings. The zero-order valence-corrected chi connectivity index (χ0v) is 12.3. The molecule has 1 atom stereocenters. The van der Waals surface area contributed by atoms with Gasteiger partial charge in [-0.2, -0.15) is 0 Å². The number of carbonyl (C=O) groups excluding carboxylic acids is 1. The fourth-order valence-corrected chi connectivity index (χ4v) is 1.75. The van der Waals surface area contributed by atoms with E-state index in [2.05, 4.69) is 6.58 Å². The van der Waals surface area contributed by atoms with Crippen LogP contribution in [0.3, 0.4) is 0 Å². The van der Waals surface area contributed by atoms with Gasteiger partial charge in [-0.15, -0.1) is 0 Å². The van der Waals surface area contributed by atoms with Crippen LogP contribution in [-0.2, 0) is 11.3 Å². The van der Waals surface area contributed by atoms with Crippen LogP contribution in [0.15, 0.2) is 36.9 Å². The lowest BCUT2D eigenvalue weighted by Gasteiger charge is -2.18. The molecule has 0 radical (unpaired) electrons. The van der Waals surface area contributed by atoms with Gasteiger partial charge in [0.15, 0.2) is 0 Å². The Morgan fingerprint density at radius 3 is 2.65 bits per heavy atom. The minimum Gasteiger partial charge on any atom is -0.490 e. The molecule has 4 heteroatoms. The molecule has 0 fully saturated rings. The first kappa shape index (κ1) is 16.2. The van der Waals surface area contributed by atoms with Crippen LogP contribution in [-0.4, -0.2) is 30.5 Å². The standard InChI is InChI=1S/C16H24N2O2/c1-4-11-20-15-8-6-14(7-9-15)12-18(3)16(19)10-5-13(2)17/h4,6-9,13H,1,5,10-12,17H2,2-3H3. The fraction of sp³-hybridized carbons (Fsp3) is 0.438. The largest absolute Gasteiger partial charge is 0.490 e. The van der Waals surface area contributed by atoms with Gasteiger partial charge in [0.25, 0.3) is 0 Å². The van der Waals surface area contributed by atoms with Gasteiger partial charge in [-0.1, -0.05) is 24.8 Å². The molecule has 1 amide bonds. The molecule has 110 valence electrons. The summed E-state index contributed by atoms with van der Waals surface area (Å²) in [5.74, 6) is 0.925. The highest BCUT2D eigenvalue weighted by Crippen LogP contribution is 2.14. The summed E-state index contributed by atoms with van der Waals surface area (Å²) in [4.78, 5) is 13.6. The highest BCUT2D eigenvalue weighted by Gasteiger charge is 2.10. The third-order valence-electron chi connectivity index (χ3n) is 2.95. The summed E-state index contributed by atoms with van der Waals surface area (Å²) in [5, 5.41) is 0. The first-order chi connectivity index (χ1) is 9.52. The summed E-state index contributed by atoms with van der Waals surface area (Å²) in [7, 11) is 1.81. The molecule has 0 aliphatic carbocycles. The average molecular weight is 276 g/mol. The third-order valence-corrected chi connectivity index (χ3v) is 2.95. The predicted molar refractivity (Wildman–Crippen MR) is 81.5 cm³/mol. The lowest BCUT2D eigenvalue weighted by molar-refractivity contribution is -0.130. The van der Waals surface area contributed by atoms with E-state index in [4.69, 9.17) is 10.5 Å². The van der Waals surface area contributed by atoms with Crippen molar-refractivity contribution in [3.8, 4) is 5.75 Å². The smallest absolute Gasteiger partial charge is 0.222 e. The quantitative estimate of drug-likeness (QED) is 0.741. The van der Waals surface area contributed by atoms with Gasteiger partial charge in [-0.05, 0) is 31.0 Å². The number of hydrogen-bond donors (Lipinski definition) is 1. The number of carbonyl (C=O) groups is 1. The Morgan fingerprint density at radius 1 is 1.45 bits per heavy atom. The van der Waals surface area contributed by atoms with Gasteiger partial charge >= 0.3 is 0 Å². The van der Waals surface area contributed by atoms with E-state index in [1.807, 2.05) is 38.2 Å². The Hall–Kier alpha value is -1.81. The van der Waals surface area contributed by atoms with Gasteiger partial charge in [0.2, 0.25) is 5.91 Å². The van der Waals surface area contributed by atoms with Crippen molar-refractivity contribution in [1.29, 1.82) is 0 Å². The first-order valence-electron chi connectivity index (χ1n) is 6.85. The highest BCUT2D eigenvalue weighted by molar-refractivity contribution is 5.75. The van der Waals surface area contributed by atoms with Crippen molar-refractivity contribution in [2.75, 3.05) is 13.7 Å². The predicted octanol–water partition coefficient (Wildman–Crippen LogP) is 2.34. The minimum atomic E-state index is 0.0636. The van der Waals surface area contributed by atoms with Crippen LogP contribution in [0.4, 0.5) is 0 Å². The molecular formula is C16H24N2O2. The first-order valence-corrected chi connectivity index (χ1v) is 6.85. The Labute approximate surface area is 121 Å². The summed E-state index contributed by atoms with van der Waals surface area (Å²) in [5.41, 5.74) is 6.73. The van der Waals surface area contributed by atoms with Crippen LogP contribution < -0.4 is 10.5 Å². The summed E-state index contributed by atoms with van der Waals surface area (Å²) < 4.78 is 5.42. The van der Waals surface area contributed by atoms with E-state index in [0.717, 1.165) is 17.7 Å². The SMILES string of the molecule is C=CCOc1ccc(CN(C)C(=O)CCC(C)N)cc1. The molecule has 20 heavy (non-hydrogen) atoms. The number of amides is 1. The maximum Gasteiger partial charge on any atom is 0.222 e. The normalized spacial score (nSPS) is 11.8. The van der Waals surface area contributed by atoms with Gasteiger partial charge in [0.05, 0.1) is 0 Å². The molecule has 0 spiro atoms. The van der Waals surface area contributed by atoms with Gasteiger partial charge in [0.1, 0.15) is 12.4 Å². The van der Waals surface area contributed by atoms with E-state index >= 15 is 0 Å². The van der Waals surface area contributed by atoms with Crippen LogP contribution in [0, 0.1) is 0 Å². The maximum atomic E-state index is 11.9. The lowest BCUT2D eigenvalue weighted by atomic mass is 10.1. The second-order valence-corrected chi connectivity index (χ2v) is 5.01. The van der Waals surface area contributed by atoms with E-state index in [0.29, 0.717) is 19.6 Å². The number of ether oxygens (including phenoxy) is 1. The molecule has 1 aromatic rings. The molecule has 0 heterocycles. The average Bonchev–Trinajstić information content (AvgIpc) is 2.43. The second-order valence-electron chi connectivity index (χ2n) is 5.01. The van der Waals surface area contributed by atoms with Gasteiger partial charge in [-0.3, -0.25) is 4.79 Å². The van der Waals surface area contributed by atoms with Gasteiger partial charge in [0, 0.05) is 26.1 Å². The molecule has 4 nitrogen and oxygen atoms in total. The minimum absolute atomic E-state index is 0.0636. The van der Waals surface area contributed by atoms with Crippen LogP contribution in [0.5, 0.6) is 5.75 Å². The highest BCUT2D eigenvalue weighted by atomic mass is 16.5. The molecule has 1 aromatic carbocycles. The van der Waals surface area contributed by atoms with E-state index in [9.17, 15) is 4.79 Å². The maximum absolute atomic E-state index is 11.9. The molecule has 0 saturated heterocycles. The molecule has 1 rings (SSSR count). The van der Waals surface area contributed by atoms with Crippen LogP contribution in [0.1, 0.15) is 25.3 Å². The fourth-order valence-electron chi connectivity index (χ4n) is 1.75. The van der Waals surface area contributed by atoms with Crippen molar-refractivity contribution < 1.29 is 9.53 Å². The Bertz CT molecular complexity index is 427. The summed E-state index contributed by atoms with van der Waals surface area (Å²) in [6.07, 6.45) is 2.92. The molecule has 0 saturated carbocycles. The molecule has 1 unspecified atom stereocenters. The van der Waals surface area contributed by atoms with Crippen molar-refractivity contribution in [2.24, 2.45) is 5.73 Å². The molecule has 0 aromatic heterocycles. The Kier molecular flexibility index (Phi) is 6.81. The zero-order valence-electron chi connectivity index (χ0n) is 12.3. The number of nitrogens with zero attached hydrogens (tertiary/aromatic N) is 1. The van der Waals surface area contributed by atoms with E-state index in [-0.39, 0.29) is 11.9 Å². The Morgan fingerprint density at radius 2 is 2.10 bits per heavy atom. The monoisotopic (exact) mass is 276 g/mol. The number of rotatable bonds is 8. The Balaban J connectivity index is 2.46. The molecular weight excluding hydrogens is 252 g/mol. The number of nitrogens with two attached hydrogens (primary N) is 1. The van der Waals surface area contributed by atoms with Gasteiger partial charge in [-0.25, -0.2) is 0 Å². The topological polar surface area (TPSA) is 55.6 Å². The zero-order chi connectivity index (χ0) is 15.0. The number of hydrogen-bond acceptors (Lipinski definition) is 3. The molecule has 2 N–H and O–H groups in total. The molecule has 0 aliphatic heterocycles. The second kappa shape index (κ2) is 8.38. The van der Waals surface area contributed by atoms with E-state index in [1.165, 1.54) is 0 Å². The molecule has 0 bridgehead atoms. The van der Waals surface area contributed by atoms with Crippen LogP contribution >= 0.6 is 0 Å². The lowest BCUT2D eigenvalue weighted by Crippen LogP contribution is -2.27. The third kappa shape index (κ3) is 5.89. The number of benzene rings is 1. The van der Waals surface area contributed by atoms with Crippen molar-refractivity contribution in [3.05, 3.63) is 42.5 Å². The summed E-state index contributed by atoms with van der Waals surface area (Å²) in [6, 6.07) is 7.80. The van der Waals surface area contributed by atoms with Crippen LogP contribution in [0.25, 0.3) is 0 Å². The van der Waals surface area contributed by atoms with Crippen molar-refractivity contribution in [2.45, 2.75) is 32.4 Å². The van der Waals surface area contributed by atoms with Gasteiger partial charge < -0.3 is 15.4 Å². The van der Waals surface area contributed by atoms with E-state index in [1.54, 1.807) is 11.0 Å². The summed E-state index contributed by atoms with van der Waals surface area (Å²) >= 11 is 0. The van der Waals surface area contributed by atoms with Crippen molar-refractivity contribution in [3.63, 3.8) is 0 Å².